The van der Waals surface area contributed by atoms with Crippen LogP contribution in [0.5, 0.6) is 0 Å². The quantitative estimate of drug-likeness (QED) is 0.836. The maximum absolute atomic E-state index is 3.77. The van der Waals surface area contributed by atoms with Gasteiger partial charge < -0.3 is 5.32 Å². The summed E-state index contributed by atoms with van der Waals surface area (Å²) in [6.07, 6.45) is 2.72. The van der Waals surface area contributed by atoms with Crippen LogP contribution in [0.4, 0.5) is 0 Å². The lowest BCUT2D eigenvalue weighted by atomic mass is 10.0. The Kier molecular flexibility index (Phi) is 3.88. The first-order valence-electron chi connectivity index (χ1n) is 7.58. The van der Waals surface area contributed by atoms with Gasteiger partial charge in [-0.05, 0) is 43.7 Å². The average Bonchev–Trinajstić information content (AvgIpc) is 3.24. The van der Waals surface area contributed by atoms with Crippen molar-refractivity contribution in [3.63, 3.8) is 0 Å². The molecule has 1 nitrogen and oxygen atoms in total. The molecule has 0 saturated heterocycles. The van der Waals surface area contributed by atoms with Crippen molar-refractivity contribution in [1.29, 1.82) is 0 Å². The van der Waals surface area contributed by atoms with E-state index in [2.05, 4.69) is 67.7 Å². The lowest BCUT2D eigenvalue weighted by Gasteiger charge is -2.19. The molecule has 1 fully saturated rings. The number of benzene rings is 2. The molecule has 1 N–H and O–H groups in total. The van der Waals surface area contributed by atoms with Crippen molar-refractivity contribution in [3.8, 4) is 0 Å². The van der Waals surface area contributed by atoms with Crippen molar-refractivity contribution < 1.29 is 0 Å². The summed E-state index contributed by atoms with van der Waals surface area (Å²) in [6, 6.07) is 18.2. The fraction of sp³-hybridized carbons (Fsp3) is 0.368. The first-order valence-corrected chi connectivity index (χ1v) is 7.58. The summed E-state index contributed by atoms with van der Waals surface area (Å²) < 4.78 is 0. The van der Waals surface area contributed by atoms with Crippen LogP contribution in [-0.2, 0) is 6.54 Å². The lowest BCUT2D eigenvalue weighted by Crippen LogP contribution is -2.22. The van der Waals surface area contributed by atoms with Gasteiger partial charge in [0.25, 0.3) is 0 Å². The highest BCUT2D eigenvalue weighted by Gasteiger charge is 2.31. The van der Waals surface area contributed by atoms with Crippen molar-refractivity contribution in [2.75, 3.05) is 0 Å². The molecule has 0 radical (unpaired) electrons. The summed E-state index contributed by atoms with van der Waals surface area (Å²) in [7, 11) is 0. The molecule has 0 bridgehead atoms. The first-order chi connectivity index (χ1) is 9.72. The lowest BCUT2D eigenvalue weighted by molar-refractivity contribution is 0.480. The van der Waals surface area contributed by atoms with Gasteiger partial charge in [0.05, 0.1) is 0 Å². The van der Waals surface area contributed by atoms with Crippen molar-refractivity contribution in [2.24, 2.45) is 5.92 Å². The Balaban J connectivity index is 1.71. The van der Waals surface area contributed by atoms with Crippen LogP contribution in [0.2, 0.25) is 0 Å². The fourth-order valence-corrected chi connectivity index (χ4v) is 3.05. The Morgan fingerprint density at radius 3 is 2.25 bits per heavy atom. The number of rotatable bonds is 5. The third-order valence-corrected chi connectivity index (χ3v) is 4.06. The third-order valence-electron chi connectivity index (χ3n) is 4.06. The minimum atomic E-state index is 0.511. The van der Waals surface area contributed by atoms with Crippen LogP contribution < -0.4 is 5.32 Å². The van der Waals surface area contributed by atoms with Gasteiger partial charge in [0.15, 0.2) is 0 Å². The first kappa shape index (κ1) is 13.4. The maximum atomic E-state index is 3.77. The second-order valence-electron chi connectivity index (χ2n) is 6.10. The zero-order valence-electron chi connectivity index (χ0n) is 12.4. The van der Waals surface area contributed by atoms with Gasteiger partial charge in [-0.1, -0.05) is 59.7 Å². The summed E-state index contributed by atoms with van der Waals surface area (Å²) >= 11 is 0. The van der Waals surface area contributed by atoms with E-state index >= 15 is 0 Å². The van der Waals surface area contributed by atoms with E-state index in [-0.39, 0.29) is 0 Å². The van der Waals surface area contributed by atoms with E-state index in [1.54, 1.807) is 0 Å². The molecule has 2 aromatic carbocycles. The standard InChI is InChI=1S/C19H23N/c1-14-10-15(2)12-16(11-14)13-20-19(18-8-9-18)17-6-4-3-5-7-17/h3-7,10-12,18-20H,8-9,13H2,1-2H3. The predicted octanol–water partition coefficient (Wildman–Crippen LogP) is 4.54. The molecule has 1 aliphatic rings. The van der Waals surface area contributed by atoms with Gasteiger partial charge in [0, 0.05) is 12.6 Å². The average molecular weight is 265 g/mol. The molecule has 1 aliphatic carbocycles. The zero-order valence-corrected chi connectivity index (χ0v) is 12.4. The number of nitrogens with one attached hydrogen (secondary N) is 1. The Bertz CT molecular complexity index is 549. The van der Waals surface area contributed by atoms with Gasteiger partial charge in [-0.25, -0.2) is 0 Å². The summed E-state index contributed by atoms with van der Waals surface area (Å²) in [5, 5.41) is 3.77. The van der Waals surface area contributed by atoms with Crippen molar-refractivity contribution >= 4 is 0 Å². The van der Waals surface area contributed by atoms with E-state index in [9.17, 15) is 0 Å². The van der Waals surface area contributed by atoms with Crippen LogP contribution in [0.1, 0.15) is 41.1 Å². The highest BCUT2D eigenvalue weighted by Crippen LogP contribution is 2.41. The Morgan fingerprint density at radius 2 is 1.65 bits per heavy atom. The second-order valence-corrected chi connectivity index (χ2v) is 6.10. The van der Waals surface area contributed by atoms with Crippen LogP contribution in [0.25, 0.3) is 0 Å². The predicted molar refractivity (Wildman–Crippen MR) is 84.7 cm³/mol. The molecule has 3 rings (SSSR count). The monoisotopic (exact) mass is 265 g/mol. The molecule has 1 atom stereocenters. The molecular formula is C19H23N. The topological polar surface area (TPSA) is 12.0 Å². The van der Waals surface area contributed by atoms with Gasteiger partial charge in [0.2, 0.25) is 0 Å². The molecule has 0 heterocycles. The Hall–Kier alpha value is -1.60. The summed E-state index contributed by atoms with van der Waals surface area (Å²) in [6.45, 7) is 5.30. The third kappa shape index (κ3) is 3.29. The van der Waals surface area contributed by atoms with Crippen LogP contribution in [0, 0.1) is 19.8 Å². The van der Waals surface area contributed by atoms with Crippen molar-refractivity contribution in [3.05, 3.63) is 70.8 Å². The molecule has 0 spiro atoms. The van der Waals surface area contributed by atoms with E-state index < -0.39 is 0 Å². The summed E-state index contributed by atoms with van der Waals surface area (Å²) in [5.41, 5.74) is 5.53. The molecule has 104 valence electrons. The Morgan fingerprint density at radius 1 is 1.00 bits per heavy atom. The van der Waals surface area contributed by atoms with Crippen LogP contribution in [0.15, 0.2) is 48.5 Å². The largest absolute Gasteiger partial charge is 0.306 e. The van der Waals surface area contributed by atoms with E-state index in [4.69, 9.17) is 0 Å². The molecule has 1 unspecified atom stereocenters. The van der Waals surface area contributed by atoms with Crippen LogP contribution >= 0.6 is 0 Å². The van der Waals surface area contributed by atoms with Gasteiger partial charge >= 0.3 is 0 Å². The number of hydrogen-bond donors (Lipinski definition) is 1. The fourth-order valence-electron chi connectivity index (χ4n) is 3.05. The highest BCUT2D eigenvalue weighted by molar-refractivity contribution is 5.29. The molecule has 0 aliphatic heterocycles. The van der Waals surface area contributed by atoms with Gasteiger partial charge in [0.1, 0.15) is 0 Å². The van der Waals surface area contributed by atoms with Crippen molar-refractivity contribution in [1.82, 2.24) is 5.32 Å². The number of hydrogen-bond acceptors (Lipinski definition) is 1. The zero-order chi connectivity index (χ0) is 13.9. The maximum Gasteiger partial charge on any atom is 0.0351 e. The molecule has 0 aromatic heterocycles. The molecular weight excluding hydrogens is 242 g/mol. The Labute approximate surface area is 122 Å². The second kappa shape index (κ2) is 5.80. The van der Waals surface area contributed by atoms with Gasteiger partial charge in [-0.15, -0.1) is 0 Å². The minimum absolute atomic E-state index is 0.511. The molecule has 1 heteroatoms. The van der Waals surface area contributed by atoms with E-state index in [0.717, 1.165) is 12.5 Å². The van der Waals surface area contributed by atoms with E-state index in [0.29, 0.717) is 6.04 Å². The molecule has 20 heavy (non-hydrogen) atoms. The molecule has 2 aromatic rings. The SMILES string of the molecule is Cc1cc(C)cc(CNC(c2ccccc2)C2CC2)c1. The van der Waals surface area contributed by atoms with Crippen LogP contribution in [0.3, 0.4) is 0 Å². The van der Waals surface area contributed by atoms with Crippen LogP contribution in [-0.4, -0.2) is 0 Å². The normalized spacial score (nSPS) is 16.1. The smallest absolute Gasteiger partial charge is 0.0351 e. The van der Waals surface area contributed by atoms with Gasteiger partial charge in [-0.3, -0.25) is 0 Å². The summed E-state index contributed by atoms with van der Waals surface area (Å²) in [5.74, 6) is 0.823. The highest BCUT2D eigenvalue weighted by atomic mass is 14.9. The number of aryl methyl sites for hydroxylation is 2. The van der Waals surface area contributed by atoms with E-state index in [1.807, 2.05) is 0 Å². The van der Waals surface area contributed by atoms with Crippen molar-refractivity contribution in [2.45, 2.75) is 39.3 Å². The molecule has 0 amide bonds. The molecule has 1 saturated carbocycles. The minimum Gasteiger partial charge on any atom is -0.306 e. The van der Waals surface area contributed by atoms with Gasteiger partial charge in [-0.2, -0.15) is 0 Å². The van der Waals surface area contributed by atoms with E-state index in [1.165, 1.54) is 35.1 Å². The summed E-state index contributed by atoms with van der Waals surface area (Å²) in [4.78, 5) is 0.